The van der Waals surface area contributed by atoms with E-state index in [4.69, 9.17) is 4.74 Å². The van der Waals surface area contributed by atoms with Crippen molar-refractivity contribution in [2.75, 3.05) is 26.2 Å². The van der Waals surface area contributed by atoms with Crippen molar-refractivity contribution in [1.82, 2.24) is 19.8 Å². The molecule has 0 amide bonds. The van der Waals surface area contributed by atoms with Gasteiger partial charge < -0.3 is 10.1 Å². The maximum atomic E-state index is 13.3. The van der Waals surface area contributed by atoms with Crippen LogP contribution >= 0.6 is 12.4 Å². The highest BCUT2D eigenvalue weighted by atomic mass is 35.5. The van der Waals surface area contributed by atoms with Gasteiger partial charge in [0.05, 0.1) is 18.8 Å². The van der Waals surface area contributed by atoms with Gasteiger partial charge in [0.2, 0.25) is 0 Å². The molecule has 8 nitrogen and oxygen atoms in total. The molecule has 2 heterocycles. The number of nitrogens with zero attached hydrogens (tertiary/aromatic N) is 2. The molecular formula is C18H25ClN4O4S. The highest BCUT2D eigenvalue weighted by Crippen LogP contribution is 2.30. The van der Waals surface area contributed by atoms with Crippen LogP contribution in [0.1, 0.15) is 41.4 Å². The van der Waals surface area contributed by atoms with Crippen LogP contribution in [0.5, 0.6) is 0 Å². The summed E-state index contributed by atoms with van der Waals surface area (Å²) < 4.78 is 33.0. The van der Waals surface area contributed by atoms with Gasteiger partial charge in [-0.15, -0.1) is 12.4 Å². The first-order valence-electron chi connectivity index (χ1n) is 9.01. The van der Waals surface area contributed by atoms with Gasteiger partial charge in [-0.3, -0.25) is 5.10 Å². The smallest absolute Gasteiger partial charge is 0.342 e. The first kappa shape index (κ1) is 22.4. The second kappa shape index (κ2) is 9.51. The molecule has 0 aliphatic carbocycles. The molecule has 2 aromatic rings. The molecule has 1 atom stereocenters. The molecule has 0 saturated carbocycles. The van der Waals surface area contributed by atoms with Crippen LogP contribution < -0.4 is 5.32 Å². The summed E-state index contributed by atoms with van der Waals surface area (Å²) in [6, 6.07) is 7.56. The molecule has 1 aromatic heterocycles. The second-order valence-corrected chi connectivity index (χ2v) is 8.09. The van der Waals surface area contributed by atoms with Gasteiger partial charge in [0.15, 0.2) is 5.03 Å². The van der Waals surface area contributed by atoms with Gasteiger partial charge in [-0.25, -0.2) is 13.2 Å². The number of nitrogens with one attached hydrogen (secondary N) is 2. The van der Waals surface area contributed by atoms with E-state index in [2.05, 4.69) is 22.4 Å². The lowest BCUT2D eigenvalue weighted by Crippen LogP contribution is -2.48. The number of carbonyl (C=O) groups is 1. The Hall–Kier alpha value is -1.94. The van der Waals surface area contributed by atoms with E-state index < -0.39 is 16.0 Å². The summed E-state index contributed by atoms with van der Waals surface area (Å²) in [6.07, 6.45) is 2.11. The topological polar surface area (TPSA) is 104 Å². The zero-order chi connectivity index (χ0) is 19.4. The van der Waals surface area contributed by atoms with Gasteiger partial charge in [0.25, 0.3) is 10.0 Å². The fourth-order valence-corrected chi connectivity index (χ4v) is 4.85. The van der Waals surface area contributed by atoms with Crippen LogP contribution in [0.3, 0.4) is 0 Å². The molecule has 28 heavy (non-hydrogen) atoms. The number of carbonyl (C=O) groups excluding carboxylic acids is 1. The Labute approximate surface area is 171 Å². The third kappa shape index (κ3) is 4.38. The summed E-state index contributed by atoms with van der Waals surface area (Å²) in [5.74, 6) is -0.705. The van der Waals surface area contributed by atoms with E-state index in [-0.39, 0.29) is 35.6 Å². The van der Waals surface area contributed by atoms with Crippen molar-refractivity contribution in [2.24, 2.45) is 0 Å². The van der Waals surface area contributed by atoms with Crippen LogP contribution in [0.4, 0.5) is 0 Å². The number of H-pyrrole nitrogens is 1. The van der Waals surface area contributed by atoms with Crippen molar-refractivity contribution in [3.05, 3.63) is 47.2 Å². The van der Waals surface area contributed by atoms with Gasteiger partial charge >= 0.3 is 5.97 Å². The number of esters is 1. The molecule has 3 rings (SSSR count). The van der Waals surface area contributed by atoms with Gasteiger partial charge in [-0.05, 0) is 24.5 Å². The fourth-order valence-electron chi connectivity index (χ4n) is 3.18. The minimum Gasteiger partial charge on any atom is -0.462 e. The van der Waals surface area contributed by atoms with Crippen LogP contribution in [-0.4, -0.2) is 55.1 Å². The number of aromatic nitrogens is 2. The standard InChI is InChI=1S/C18H24N4O4S.ClH/c1-3-13-5-7-14(8-6-13)16-12-19-9-10-22(16)27(24,25)17-15(11-20-21-17)18(23)26-4-2;/h5-8,11,16,19H,3-4,9-10,12H2,1-2H3,(H,20,21);1H. The van der Waals surface area contributed by atoms with E-state index in [1.54, 1.807) is 6.92 Å². The third-order valence-corrected chi connectivity index (χ3v) is 6.52. The summed E-state index contributed by atoms with van der Waals surface area (Å²) in [5.41, 5.74) is 2.02. The Balaban J connectivity index is 0.00000280. The SMILES string of the molecule is CCOC(=O)c1cn[nH]c1S(=O)(=O)N1CCNCC1c1ccc(CC)cc1.Cl. The van der Waals surface area contributed by atoms with Crippen molar-refractivity contribution < 1.29 is 17.9 Å². The van der Waals surface area contributed by atoms with Crippen LogP contribution in [-0.2, 0) is 21.2 Å². The quantitative estimate of drug-likeness (QED) is 0.681. The monoisotopic (exact) mass is 428 g/mol. The molecule has 1 aliphatic rings. The van der Waals surface area contributed by atoms with Crippen molar-refractivity contribution in [3.63, 3.8) is 0 Å². The van der Waals surface area contributed by atoms with Crippen LogP contribution in [0.15, 0.2) is 35.5 Å². The van der Waals surface area contributed by atoms with E-state index in [0.717, 1.165) is 12.0 Å². The lowest BCUT2D eigenvalue weighted by atomic mass is 10.0. The van der Waals surface area contributed by atoms with E-state index >= 15 is 0 Å². The number of benzene rings is 1. The van der Waals surface area contributed by atoms with Gasteiger partial charge in [0.1, 0.15) is 5.56 Å². The average Bonchev–Trinajstić information content (AvgIpc) is 3.19. The molecule has 1 aromatic carbocycles. The summed E-state index contributed by atoms with van der Waals surface area (Å²) >= 11 is 0. The van der Waals surface area contributed by atoms with Crippen molar-refractivity contribution in [2.45, 2.75) is 31.3 Å². The highest BCUT2D eigenvalue weighted by molar-refractivity contribution is 7.89. The summed E-state index contributed by atoms with van der Waals surface area (Å²) in [6.45, 7) is 5.22. The first-order valence-corrected chi connectivity index (χ1v) is 10.4. The number of hydrogen-bond acceptors (Lipinski definition) is 6. The van der Waals surface area contributed by atoms with Crippen molar-refractivity contribution in [3.8, 4) is 0 Å². The lowest BCUT2D eigenvalue weighted by Gasteiger charge is -2.35. The molecule has 0 spiro atoms. The number of aryl methyl sites for hydroxylation is 1. The normalized spacial score (nSPS) is 17.7. The van der Waals surface area contributed by atoms with Crippen LogP contribution in [0, 0.1) is 0 Å². The molecule has 0 radical (unpaired) electrons. The number of ether oxygens (including phenoxy) is 1. The van der Waals surface area contributed by atoms with Crippen molar-refractivity contribution >= 4 is 28.4 Å². The largest absolute Gasteiger partial charge is 0.462 e. The van der Waals surface area contributed by atoms with Gasteiger partial charge in [0, 0.05) is 19.6 Å². The second-order valence-electron chi connectivity index (χ2n) is 6.26. The fraction of sp³-hybridized carbons (Fsp3) is 0.444. The van der Waals surface area contributed by atoms with E-state index in [1.165, 1.54) is 16.1 Å². The van der Waals surface area contributed by atoms with E-state index in [1.807, 2.05) is 24.3 Å². The Kier molecular flexibility index (Phi) is 7.59. The summed E-state index contributed by atoms with van der Waals surface area (Å²) in [5, 5.41) is 9.25. The molecule has 2 N–H and O–H groups in total. The molecule has 10 heteroatoms. The molecule has 1 unspecified atom stereocenters. The number of sulfonamides is 1. The highest BCUT2D eigenvalue weighted by Gasteiger charge is 2.38. The van der Waals surface area contributed by atoms with Crippen LogP contribution in [0.25, 0.3) is 0 Å². The minimum atomic E-state index is -3.95. The first-order chi connectivity index (χ1) is 13.0. The van der Waals surface area contributed by atoms with Gasteiger partial charge in [-0.2, -0.15) is 9.40 Å². The molecular weight excluding hydrogens is 404 g/mol. The number of halogens is 1. The number of hydrogen-bond donors (Lipinski definition) is 2. The lowest BCUT2D eigenvalue weighted by molar-refractivity contribution is 0.0521. The van der Waals surface area contributed by atoms with Crippen LogP contribution in [0.2, 0.25) is 0 Å². The summed E-state index contributed by atoms with van der Waals surface area (Å²) in [7, 11) is -3.95. The molecule has 1 saturated heterocycles. The minimum absolute atomic E-state index is 0. The molecule has 1 aliphatic heterocycles. The maximum absolute atomic E-state index is 13.3. The molecule has 154 valence electrons. The maximum Gasteiger partial charge on any atom is 0.342 e. The number of aromatic amines is 1. The average molecular weight is 429 g/mol. The Morgan fingerprint density at radius 2 is 2.00 bits per heavy atom. The van der Waals surface area contributed by atoms with Crippen molar-refractivity contribution in [1.29, 1.82) is 0 Å². The van der Waals surface area contributed by atoms with Gasteiger partial charge in [-0.1, -0.05) is 31.2 Å². The van der Waals surface area contributed by atoms with E-state index in [0.29, 0.717) is 19.6 Å². The number of piperazine rings is 1. The predicted octanol–water partition coefficient (Wildman–Crippen LogP) is 1.91. The summed E-state index contributed by atoms with van der Waals surface area (Å²) in [4.78, 5) is 12.1. The number of rotatable bonds is 6. The Morgan fingerprint density at radius 3 is 2.64 bits per heavy atom. The zero-order valence-electron chi connectivity index (χ0n) is 15.8. The zero-order valence-corrected chi connectivity index (χ0v) is 17.5. The molecule has 1 fully saturated rings. The Morgan fingerprint density at radius 1 is 1.29 bits per heavy atom. The molecule has 0 bridgehead atoms. The van der Waals surface area contributed by atoms with E-state index in [9.17, 15) is 13.2 Å². The Bertz CT molecular complexity index is 899. The predicted molar refractivity (Wildman–Crippen MR) is 107 cm³/mol. The third-order valence-electron chi connectivity index (χ3n) is 4.63.